The van der Waals surface area contributed by atoms with Crippen LogP contribution in [0.3, 0.4) is 0 Å². The number of hydrogen-bond acceptors (Lipinski definition) is 3. The van der Waals surface area contributed by atoms with Crippen LogP contribution in [0, 0.1) is 5.92 Å². The maximum atomic E-state index is 12.5. The van der Waals surface area contributed by atoms with Gasteiger partial charge in [-0.3, -0.25) is 9.59 Å². The van der Waals surface area contributed by atoms with E-state index in [1.165, 1.54) is 6.20 Å². The van der Waals surface area contributed by atoms with E-state index < -0.39 is 11.9 Å². The van der Waals surface area contributed by atoms with E-state index in [0.29, 0.717) is 30.0 Å². The van der Waals surface area contributed by atoms with Gasteiger partial charge in [-0.05, 0) is 37.1 Å². The maximum Gasteiger partial charge on any atom is 0.308 e. The molecule has 1 saturated heterocycles. The van der Waals surface area contributed by atoms with E-state index in [2.05, 4.69) is 5.10 Å². The molecule has 1 amide bonds. The first-order valence-corrected chi connectivity index (χ1v) is 7.75. The predicted molar refractivity (Wildman–Crippen MR) is 84.8 cm³/mol. The number of carboxylic acid groups (broad SMARTS) is 1. The van der Waals surface area contributed by atoms with Gasteiger partial charge >= 0.3 is 5.97 Å². The average molecular weight is 334 g/mol. The summed E-state index contributed by atoms with van der Waals surface area (Å²) < 4.78 is 1.60. The molecular formula is C16H16ClN3O3. The van der Waals surface area contributed by atoms with Crippen molar-refractivity contribution < 1.29 is 14.7 Å². The fourth-order valence-electron chi connectivity index (χ4n) is 2.71. The normalized spacial score (nSPS) is 18.0. The molecule has 1 atom stereocenters. The zero-order chi connectivity index (χ0) is 16.4. The molecule has 7 heteroatoms. The lowest BCUT2D eigenvalue weighted by Gasteiger charge is -2.30. The molecule has 1 aliphatic rings. The smallest absolute Gasteiger partial charge is 0.308 e. The first kappa shape index (κ1) is 15.6. The molecular weight excluding hydrogens is 318 g/mol. The molecule has 1 aromatic carbocycles. The van der Waals surface area contributed by atoms with E-state index in [1.54, 1.807) is 27.9 Å². The van der Waals surface area contributed by atoms with Crippen LogP contribution in [0.1, 0.15) is 23.2 Å². The third-order valence-corrected chi connectivity index (χ3v) is 4.23. The molecule has 6 nitrogen and oxygen atoms in total. The van der Waals surface area contributed by atoms with Crippen molar-refractivity contribution >= 4 is 23.5 Å². The standard InChI is InChI=1S/C16H16ClN3O3/c17-13-3-5-14(6-4-13)20-10-12(8-18-20)15(21)19-7-1-2-11(9-19)16(22)23/h3-6,8,10-11H,1-2,7,9H2,(H,22,23). The van der Waals surface area contributed by atoms with E-state index >= 15 is 0 Å². The molecule has 2 heterocycles. The Morgan fingerprint density at radius 3 is 2.70 bits per heavy atom. The van der Waals surface area contributed by atoms with Crippen LogP contribution in [0.15, 0.2) is 36.7 Å². The number of carbonyl (C=O) groups is 2. The maximum absolute atomic E-state index is 12.5. The highest BCUT2D eigenvalue weighted by Gasteiger charge is 2.29. The quantitative estimate of drug-likeness (QED) is 0.936. The minimum Gasteiger partial charge on any atom is -0.481 e. The highest BCUT2D eigenvalue weighted by molar-refractivity contribution is 6.30. The molecule has 23 heavy (non-hydrogen) atoms. The molecule has 0 radical (unpaired) electrons. The number of rotatable bonds is 3. The van der Waals surface area contributed by atoms with Crippen molar-refractivity contribution in [1.29, 1.82) is 0 Å². The molecule has 0 spiro atoms. The van der Waals surface area contributed by atoms with E-state index in [1.807, 2.05) is 12.1 Å². The van der Waals surface area contributed by atoms with Gasteiger partial charge in [-0.25, -0.2) is 4.68 Å². The zero-order valence-electron chi connectivity index (χ0n) is 12.4. The highest BCUT2D eigenvalue weighted by Crippen LogP contribution is 2.19. The number of benzene rings is 1. The fraction of sp³-hybridized carbons (Fsp3) is 0.312. The first-order valence-electron chi connectivity index (χ1n) is 7.37. The largest absolute Gasteiger partial charge is 0.481 e. The van der Waals surface area contributed by atoms with Crippen LogP contribution in [0.2, 0.25) is 5.02 Å². The van der Waals surface area contributed by atoms with Gasteiger partial charge in [0.2, 0.25) is 0 Å². The molecule has 1 fully saturated rings. The molecule has 1 unspecified atom stereocenters. The van der Waals surface area contributed by atoms with Crippen LogP contribution in [0.25, 0.3) is 5.69 Å². The van der Waals surface area contributed by atoms with Crippen molar-refractivity contribution in [3.63, 3.8) is 0 Å². The van der Waals surface area contributed by atoms with Crippen LogP contribution >= 0.6 is 11.6 Å². The van der Waals surface area contributed by atoms with E-state index in [0.717, 1.165) is 5.69 Å². The van der Waals surface area contributed by atoms with Crippen LogP contribution in [-0.4, -0.2) is 44.8 Å². The van der Waals surface area contributed by atoms with Crippen molar-refractivity contribution in [3.05, 3.63) is 47.2 Å². The summed E-state index contributed by atoms with van der Waals surface area (Å²) in [4.78, 5) is 25.2. The Kier molecular flexibility index (Phi) is 4.34. The molecule has 0 aliphatic carbocycles. The summed E-state index contributed by atoms with van der Waals surface area (Å²) >= 11 is 5.86. The number of piperidine rings is 1. The number of aliphatic carboxylic acids is 1. The fourth-order valence-corrected chi connectivity index (χ4v) is 2.84. The lowest BCUT2D eigenvalue weighted by atomic mass is 9.98. The van der Waals surface area contributed by atoms with Crippen LogP contribution in [-0.2, 0) is 4.79 Å². The average Bonchev–Trinajstić information content (AvgIpc) is 3.05. The Balaban J connectivity index is 1.75. The second-order valence-electron chi connectivity index (χ2n) is 5.58. The van der Waals surface area contributed by atoms with Gasteiger partial charge in [0.25, 0.3) is 5.91 Å². The van der Waals surface area contributed by atoms with Gasteiger partial charge in [0.05, 0.1) is 23.4 Å². The topological polar surface area (TPSA) is 75.4 Å². The molecule has 1 N–H and O–H groups in total. The highest BCUT2D eigenvalue weighted by atomic mass is 35.5. The minimum absolute atomic E-state index is 0.184. The Bertz CT molecular complexity index is 726. The number of nitrogens with zero attached hydrogens (tertiary/aromatic N) is 3. The van der Waals surface area contributed by atoms with Gasteiger partial charge in [-0.1, -0.05) is 11.6 Å². The monoisotopic (exact) mass is 333 g/mol. The van der Waals surface area contributed by atoms with Gasteiger partial charge in [-0.2, -0.15) is 5.10 Å². The second kappa shape index (κ2) is 6.42. The summed E-state index contributed by atoms with van der Waals surface area (Å²) in [6.07, 6.45) is 4.47. The van der Waals surface area contributed by atoms with E-state index in [4.69, 9.17) is 16.7 Å². The molecule has 3 rings (SSSR count). The Labute approximate surface area is 138 Å². The number of hydrogen-bond donors (Lipinski definition) is 1. The van der Waals surface area contributed by atoms with Crippen LogP contribution in [0.5, 0.6) is 0 Å². The van der Waals surface area contributed by atoms with Gasteiger partial charge in [0.15, 0.2) is 0 Å². The summed E-state index contributed by atoms with van der Waals surface area (Å²) in [6.45, 7) is 0.828. The number of carboxylic acids is 1. The minimum atomic E-state index is -0.848. The van der Waals surface area contributed by atoms with E-state index in [9.17, 15) is 9.59 Å². The summed E-state index contributed by atoms with van der Waals surface area (Å²) in [6, 6.07) is 7.13. The number of aromatic nitrogens is 2. The zero-order valence-corrected chi connectivity index (χ0v) is 13.1. The van der Waals surface area contributed by atoms with E-state index in [-0.39, 0.29) is 12.5 Å². The van der Waals surface area contributed by atoms with Crippen molar-refractivity contribution in [2.45, 2.75) is 12.8 Å². The predicted octanol–water partition coefficient (Wildman–Crippen LogP) is 2.46. The molecule has 120 valence electrons. The summed E-state index contributed by atoms with van der Waals surface area (Å²) in [5, 5.41) is 13.9. The van der Waals surface area contributed by atoms with Crippen LogP contribution < -0.4 is 0 Å². The van der Waals surface area contributed by atoms with Gasteiger partial charge in [0, 0.05) is 24.3 Å². The Morgan fingerprint density at radius 1 is 1.26 bits per heavy atom. The number of carbonyl (C=O) groups excluding carboxylic acids is 1. The first-order chi connectivity index (χ1) is 11.0. The molecule has 1 aromatic heterocycles. The Morgan fingerprint density at radius 2 is 2.00 bits per heavy atom. The summed E-state index contributed by atoms with van der Waals surface area (Å²) in [5.41, 5.74) is 1.25. The third-order valence-electron chi connectivity index (χ3n) is 3.98. The molecule has 2 aromatic rings. The van der Waals surface area contributed by atoms with Crippen LogP contribution in [0.4, 0.5) is 0 Å². The van der Waals surface area contributed by atoms with Crippen molar-refractivity contribution in [3.8, 4) is 5.69 Å². The number of halogens is 1. The summed E-state index contributed by atoms with van der Waals surface area (Å²) in [7, 11) is 0. The lowest BCUT2D eigenvalue weighted by Crippen LogP contribution is -2.42. The molecule has 0 bridgehead atoms. The SMILES string of the molecule is O=C(O)C1CCCN(C(=O)c2cnn(-c3ccc(Cl)cc3)c2)C1. The molecule has 1 aliphatic heterocycles. The van der Waals surface area contributed by atoms with Gasteiger partial charge in [0.1, 0.15) is 0 Å². The number of amides is 1. The van der Waals surface area contributed by atoms with Crippen molar-refractivity contribution in [1.82, 2.24) is 14.7 Å². The van der Waals surface area contributed by atoms with Crippen molar-refractivity contribution in [2.24, 2.45) is 5.92 Å². The van der Waals surface area contributed by atoms with Crippen molar-refractivity contribution in [2.75, 3.05) is 13.1 Å². The molecule has 0 saturated carbocycles. The van der Waals surface area contributed by atoms with Gasteiger partial charge in [-0.15, -0.1) is 0 Å². The second-order valence-corrected chi connectivity index (χ2v) is 6.01. The Hall–Kier alpha value is -2.34. The lowest BCUT2D eigenvalue weighted by molar-refractivity contribution is -0.143. The van der Waals surface area contributed by atoms with Gasteiger partial charge < -0.3 is 10.0 Å². The third kappa shape index (κ3) is 3.37. The summed E-state index contributed by atoms with van der Waals surface area (Å²) in [5.74, 6) is -1.52. The number of likely N-dealkylation sites (tertiary alicyclic amines) is 1.